The number of aliphatic hydroxyl groups excluding tert-OH is 2. The number of amides is 1. The van der Waals surface area contributed by atoms with Crippen molar-refractivity contribution in [3.63, 3.8) is 0 Å². The molecule has 11 heteroatoms. The molecule has 0 spiro atoms. The van der Waals surface area contributed by atoms with Gasteiger partial charge in [-0.25, -0.2) is 15.0 Å². The number of carbonyl (C=O) groups excluding carboxylic acids is 1. The number of methoxy groups -OCH3 is 1. The average Bonchev–Trinajstić information content (AvgIpc) is 3.57. The number of anilines is 1. The van der Waals surface area contributed by atoms with E-state index in [2.05, 4.69) is 20.3 Å². The summed E-state index contributed by atoms with van der Waals surface area (Å²) < 4.78 is 12.6. The largest absolute Gasteiger partial charge is 0.497 e. The molecule has 1 amide bonds. The number of aliphatic hydroxyl groups is 2. The Morgan fingerprint density at radius 3 is 2.82 bits per heavy atom. The molecule has 3 N–H and O–H groups in total. The molecular weight excluding hydrogens is 428 g/mol. The van der Waals surface area contributed by atoms with Gasteiger partial charge in [0.2, 0.25) is 0 Å². The number of fused-ring (bicyclic) bond motifs is 1. The minimum Gasteiger partial charge on any atom is -0.497 e. The normalized spacial score (nSPS) is 25.0. The van der Waals surface area contributed by atoms with Crippen molar-refractivity contribution in [3.05, 3.63) is 42.5 Å². The Morgan fingerprint density at radius 1 is 1.27 bits per heavy atom. The van der Waals surface area contributed by atoms with Crippen molar-refractivity contribution in [3.8, 4) is 5.75 Å². The minimum atomic E-state index is -0.765. The molecule has 174 valence electrons. The molecule has 5 rings (SSSR count). The van der Waals surface area contributed by atoms with Crippen molar-refractivity contribution < 1.29 is 24.5 Å². The predicted octanol–water partition coefficient (Wildman–Crippen LogP) is 0.802. The van der Waals surface area contributed by atoms with E-state index in [0.717, 1.165) is 6.42 Å². The van der Waals surface area contributed by atoms with Crippen LogP contribution in [-0.2, 0) is 4.74 Å². The smallest absolute Gasteiger partial charge is 0.253 e. The van der Waals surface area contributed by atoms with E-state index in [9.17, 15) is 15.0 Å². The van der Waals surface area contributed by atoms with Crippen LogP contribution in [0.4, 0.5) is 5.82 Å². The lowest BCUT2D eigenvalue weighted by Crippen LogP contribution is -2.31. The van der Waals surface area contributed by atoms with Gasteiger partial charge in [0.05, 0.1) is 26.1 Å². The second kappa shape index (κ2) is 8.93. The molecule has 1 aromatic carbocycles. The quantitative estimate of drug-likeness (QED) is 0.494. The number of likely N-dealkylation sites (tertiary alicyclic amines) is 1. The van der Waals surface area contributed by atoms with Crippen LogP contribution in [0, 0.1) is 0 Å². The van der Waals surface area contributed by atoms with Gasteiger partial charge in [0.1, 0.15) is 18.2 Å². The van der Waals surface area contributed by atoms with E-state index in [-0.39, 0.29) is 18.6 Å². The van der Waals surface area contributed by atoms with E-state index >= 15 is 0 Å². The Hall–Kier alpha value is -3.28. The third-order valence-corrected chi connectivity index (χ3v) is 6.16. The summed E-state index contributed by atoms with van der Waals surface area (Å²) in [5.74, 6) is 1.25. The molecule has 2 aromatic heterocycles. The van der Waals surface area contributed by atoms with Crippen molar-refractivity contribution in [2.24, 2.45) is 0 Å². The van der Waals surface area contributed by atoms with Crippen molar-refractivity contribution in [2.45, 2.75) is 37.3 Å². The fourth-order valence-electron chi connectivity index (χ4n) is 4.41. The van der Waals surface area contributed by atoms with Gasteiger partial charge in [-0.3, -0.25) is 9.36 Å². The Kier molecular flexibility index (Phi) is 5.83. The molecule has 0 aliphatic carbocycles. The number of carbonyl (C=O) groups is 1. The van der Waals surface area contributed by atoms with E-state index in [1.165, 1.54) is 6.33 Å². The van der Waals surface area contributed by atoms with Crippen LogP contribution in [0.15, 0.2) is 36.9 Å². The highest BCUT2D eigenvalue weighted by Crippen LogP contribution is 2.32. The van der Waals surface area contributed by atoms with E-state index in [0.29, 0.717) is 47.8 Å². The fourth-order valence-corrected chi connectivity index (χ4v) is 4.41. The van der Waals surface area contributed by atoms with Crippen LogP contribution >= 0.6 is 0 Å². The maximum Gasteiger partial charge on any atom is 0.253 e. The van der Waals surface area contributed by atoms with E-state index < -0.39 is 18.4 Å². The van der Waals surface area contributed by atoms with E-state index in [4.69, 9.17) is 9.47 Å². The number of aromatic nitrogens is 4. The number of imidazole rings is 1. The maximum absolute atomic E-state index is 12.8. The number of ether oxygens (including phenoxy) is 2. The fraction of sp³-hybridized carbons (Fsp3) is 0.455. The number of rotatable bonds is 6. The molecule has 11 nitrogen and oxygen atoms in total. The zero-order chi connectivity index (χ0) is 22.9. The summed E-state index contributed by atoms with van der Waals surface area (Å²) in [6, 6.07) is 7.11. The topological polar surface area (TPSA) is 135 Å². The maximum atomic E-state index is 12.8. The summed E-state index contributed by atoms with van der Waals surface area (Å²) in [5.41, 5.74) is 1.70. The Labute approximate surface area is 190 Å². The van der Waals surface area contributed by atoms with Gasteiger partial charge in [0.15, 0.2) is 23.2 Å². The predicted molar refractivity (Wildman–Crippen MR) is 118 cm³/mol. The van der Waals surface area contributed by atoms with Crippen LogP contribution in [0.2, 0.25) is 0 Å². The van der Waals surface area contributed by atoms with Gasteiger partial charge in [0.25, 0.3) is 5.91 Å². The van der Waals surface area contributed by atoms with Crippen molar-refractivity contribution in [1.29, 1.82) is 0 Å². The van der Waals surface area contributed by atoms with Gasteiger partial charge in [-0.1, -0.05) is 0 Å². The molecule has 2 aliphatic heterocycles. The molecule has 2 fully saturated rings. The Balaban J connectivity index is 1.29. The number of benzene rings is 1. The van der Waals surface area contributed by atoms with Crippen LogP contribution in [0.3, 0.4) is 0 Å². The van der Waals surface area contributed by atoms with Crippen LogP contribution in [-0.4, -0.2) is 85.6 Å². The summed E-state index contributed by atoms with van der Waals surface area (Å²) in [4.78, 5) is 27.8. The van der Waals surface area contributed by atoms with Crippen LogP contribution in [0.1, 0.15) is 29.4 Å². The Morgan fingerprint density at radius 2 is 2.09 bits per heavy atom. The molecule has 0 bridgehead atoms. The number of hydrogen-bond acceptors (Lipinski definition) is 9. The number of hydrogen-bond donors (Lipinski definition) is 3. The molecule has 4 unspecified atom stereocenters. The van der Waals surface area contributed by atoms with Crippen molar-refractivity contribution >= 4 is 22.9 Å². The summed E-state index contributed by atoms with van der Waals surface area (Å²) in [5, 5.41) is 23.1. The number of nitrogens with zero attached hydrogens (tertiary/aromatic N) is 5. The first-order valence-corrected chi connectivity index (χ1v) is 10.9. The highest BCUT2D eigenvalue weighted by atomic mass is 16.5. The first-order chi connectivity index (χ1) is 16.1. The molecule has 0 radical (unpaired) electrons. The zero-order valence-corrected chi connectivity index (χ0v) is 18.2. The van der Waals surface area contributed by atoms with Gasteiger partial charge in [-0.2, -0.15) is 0 Å². The molecule has 2 aliphatic rings. The Bertz CT molecular complexity index is 1140. The highest BCUT2D eigenvalue weighted by Gasteiger charge is 2.36. The lowest BCUT2D eigenvalue weighted by molar-refractivity contribution is -0.0486. The van der Waals surface area contributed by atoms with Gasteiger partial charge in [0, 0.05) is 31.1 Å². The third-order valence-electron chi connectivity index (χ3n) is 6.16. The van der Waals surface area contributed by atoms with Crippen molar-refractivity contribution in [1.82, 2.24) is 24.4 Å². The second-order valence-corrected chi connectivity index (χ2v) is 8.29. The molecule has 0 saturated carbocycles. The molecule has 4 heterocycles. The standard InChI is InChI=1S/C22H26N6O5/c1-32-15-4-2-13(3-5-15)21(31)27-7-6-14(9-27)26-19-18-20(24-11-23-19)28(12-25-18)22-17(30)8-16(10-29)33-22/h2-5,11-12,14,16-17,22,29-30H,6-10H2,1H3,(H,23,24,26). The zero-order valence-electron chi connectivity index (χ0n) is 18.2. The monoisotopic (exact) mass is 454 g/mol. The SMILES string of the molecule is COc1ccc(C(=O)N2CCC(Nc3ncnc4c3ncn4C3OC(CO)CC3O)C2)cc1. The molecule has 4 atom stereocenters. The summed E-state index contributed by atoms with van der Waals surface area (Å²) in [6.45, 7) is 1.02. The van der Waals surface area contributed by atoms with Crippen LogP contribution in [0.25, 0.3) is 11.2 Å². The minimum absolute atomic E-state index is 0.0162. The average molecular weight is 454 g/mol. The molecule has 33 heavy (non-hydrogen) atoms. The van der Waals surface area contributed by atoms with Crippen molar-refractivity contribution in [2.75, 3.05) is 32.1 Å². The third kappa shape index (κ3) is 4.10. The van der Waals surface area contributed by atoms with Gasteiger partial charge < -0.3 is 29.9 Å². The van der Waals surface area contributed by atoms with Gasteiger partial charge >= 0.3 is 0 Å². The molecule has 2 saturated heterocycles. The van der Waals surface area contributed by atoms with Crippen LogP contribution in [0.5, 0.6) is 5.75 Å². The lowest BCUT2D eigenvalue weighted by atomic mass is 10.2. The van der Waals surface area contributed by atoms with Crippen LogP contribution < -0.4 is 10.1 Å². The molecular formula is C22H26N6O5. The molecule has 3 aromatic rings. The van der Waals surface area contributed by atoms with E-state index in [1.54, 1.807) is 42.3 Å². The highest BCUT2D eigenvalue weighted by molar-refractivity contribution is 5.94. The second-order valence-electron chi connectivity index (χ2n) is 8.29. The first-order valence-electron chi connectivity index (χ1n) is 10.9. The van der Waals surface area contributed by atoms with Gasteiger partial charge in [-0.05, 0) is 30.7 Å². The summed E-state index contributed by atoms with van der Waals surface area (Å²) in [7, 11) is 1.59. The first kappa shape index (κ1) is 21.6. The van der Waals surface area contributed by atoms with Gasteiger partial charge in [-0.15, -0.1) is 0 Å². The lowest BCUT2D eigenvalue weighted by Gasteiger charge is -2.18. The summed E-state index contributed by atoms with van der Waals surface area (Å²) in [6.07, 6.45) is 2.26. The summed E-state index contributed by atoms with van der Waals surface area (Å²) >= 11 is 0. The number of nitrogens with one attached hydrogen (secondary N) is 1. The van der Waals surface area contributed by atoms with E-state index in [1.807, 2.05) is 4.90 Å².